The predicted octanol–water partition coefficient (Wildman–Crippen LogP) is 1.30. The Bertz CT molecular complexity index is 826. The predicted molar refractivity (Wildman–Crippen MR) is 94.2 cm³/mol. The molecule has 1 aliphatic heterocycles. The van der Waals surface area contributed by atoms with Gasteiger partial charge in [-0.1, -0.05) is 18.6 Å². The molecule has 2 aromatic heterocycles. The van der Waals surface area contributed by atoms with Crippen LogP contribution in [0.3, 0.4) is 0 Å². The molecule has 1 fully saturated rings. The zero-order valence-corrected chi connectivity index (χ0v) is 13.5. The normalized spacial score (nSPS) is 13.9. The number of aromatic nitrogens is 3. The Morgan fingerprint density at radius 1 is 1.12 bits per heavy atom. The summed E-state index contributed by atoms with van der Waals surface area (Å²) in [5.74, 6) is 0. The lowest BCUT2D eigenvalue weighted by molar-refractivity contribution is -0.386. The van der Waals surface area contributed by atoms with Gasteiger partial charge < -0.3 is 10.3 Å². The maximum absolute atomic E-state index is 11.4. The zero-order valence-electron chi connectivity index (χ0n) is 13.5. The molecule has 0 atom stereocenters. The van der Waals surface area contributed by atoms with Gasteiger partial charge in [-0.15, -0.1) is 0 Å². The third kappa shape index (κ3) is 5.81. The molecule has 0 radical (unpaired) electrons. The van der Waals surface area contributed by atoms with E-state index in [0.29, 0.717) is 5.56 Å². The molecule has 1 aliphatic rings. The van der Waals surface area contributed by atoms with Crippen molar-refractivity contribution in [2.75, 3.05) is 13.1 Å². The van der Waals surface area contributed by atoms with Gasteiger partial charge in [-0.2, -0.15) is 0 Å². The summed E-state index contributed by atoms with van der Waals surface area (Å²) < 4.78 is 0. The maximum atomic E-state index is 11.4. The van der Waals surface area contributed by atoms with E-state index in [1.165, 1.54) is 50.7 Å². The second-order valence-electron chi connectivity index (χ2n) is 5.36. The van der Waals surface area contributed by atoms with Crippen molar-refractivity contribution in [3.63, 3.8) is 0 Å². The first-order chi connectivity index (χ1) is 12.1. The number of nitrogens with one attached hydrogen (secondary N) is 3. The molecule has 3 rings (SSSR count). The monoisotopic (exact) mass is 345 g/mol. The van der Waals surface area contributed by atoms with E-state index in [1.807, 2.05) is 0 Å². The Morgan fingerprint density at radius 2 is 1.88 bits per heavy atom. The molecule has 132 valence electrons. The molecule has 0 unspecified atom stereocenters. The van der Waals surface area contributed by atoms with E-state index < -0.39 is 21.9 Å². The van der Waals surface area contributed by atoms with Crippen LogP contribution in [0.1, 0.15) is 30.5 Å². The van der Waals surface area contributed by atoms with Gasteiger partial charge >= 0.3 is 16.9 Å². The number of piperidine rings is 1. The summed E-state index contributed by atoms with van der Waals surface area (Å²) in [7, 11) is 0. The molecule has 9 nitrogen and oxygen atoms in total. The van der Waals surface area contributed by atoms with Crippen molar-refractivity contribution in [2.24, 2.45) is 0 Å². The largest absolute Gasteiger partial charge is 0.357 e. The van der Waals surface area contributed by atoms with Crippen molar-refractivity contribution in [1.82, 2.24) is 20.3 Å². The number of hydrogen-bond acceptors (Lipinski definition) is 6. The summed E-state index contributed by atoms with van der Waals surface area (Å²) in [6.45, 7) is 2.50. The molecule has 0 aliphatic carbocycles. The minimum Gasteiger partial charge on any atom is -0.317 e. The Kier molecular flexibility index (Phi) is 6.78. The van der Waals surface area contributed by atoms with E-state index in [0.717, 1.165) is 0 Å². The molecule has 3 heterocycles. The highest BCUT2D eigenvalue weighted by Crippen LogP contribution is 2.11. The average Bonchev–Trinajstić information content (AvgIpc) is 2.62. The molecule has 25 heavy (non-hydrogen) atoms. The van der Waals surface area contributed by atoms with Crippen molar-refractivity contribution < 1.29 is 4.92 Å². The maximum Gasteiger partial charge on any atom is 0.357 e. The lowest BCUT2D eigenvalue weighted by atomic mass is 10.2. The average molecular weight is 345 g/mol. The first-order valence-corrected chi connectivity index (χ1v) is 7.88. The van der Waals surface area contributed by atoms with E-state index >= 15 is 0 Å². The summed E-state index contributed by atoms with van der Waals surface area (Å²) in [6, 6.07) is 3.41. The molecule has 2 aromatic rings. The van der Waals surface area contributed by atoms with Crippen LogP contribution in [0, 0.1) is 10.1 Å². The smallest absolute Gasteiger partial charge is 0.317 e. The summed E-state index contributed by atoms with van der Waals surface area (Å²) in [4.78, 5) is 40.3. The number of pyridine rings is 1. The van der Waals surface area contributed by atoms with E-state index in [9.17, 15) is 19.7 Å². The SMILES string of the molecule is C1CCNCC1.O=c1[nH]c(/C=C/c2cccnc2)c([N+](=O)[O-])c(=O)[nH]1. The molecule has 0 spiro atoms. The third-order valence-corrected chi connectivity index (χ3v) is 3.46. The summed E-state index contributed by atoms with van der Waals surface area (Å²) in [6.07, 6.45) is 10.1. The van der Waals surface area contributed by atoms with Crippen LogP contribution in [-0.2, 0) is 0 Å². The third-order valence-electron chi connectivity index (χ3n) is 3.46. The molecular weight excluding hydrogens is 326 g/mol. The minimum absolute atomic E-state index is 0.164. The summed E-state index contributed by atoms with van der Waals surface area (Å²) in [5.41, 5.74) is -2.04. The van der Waals surface area contributed by atoms with Gasteiger partial charge in [0.05, 0.1) is 4.92 Å². The summed E-state index contributed by atoms with van der Waals surface area (Å²) >= 11 is 0. The van der Waals surface area contributed by atoms with Gasteiger partial charge in [-0.3, -0.25) is 24.9 Å². The number of nitro groups is 1. The van der Waals surface area contributed by atoms with E-state index in [1.54, 1.807) is 23.3 Å². The Balaban J connectivity index is 0.000000316. The second-order valence-corrected chi connectivity index (χ2v) is 5.36. The van der Waals surface area contributed by atoms with Gasteiger partial charge in [0.15, 0.2) is 0 Å². The van der Waals surface area contributed by atoms with Crippen LogP contribution in [0.4, 0.5) is 5.69 Å². The fourth-order valence-electron chi connectivity index (χ4n) is 2.26. The Labute approximate surface area is 143 Å². The van der Waals surface area contributed by atoms with Crippen molar-refractivity contribution in [2.45, 2.75) is 19.3 Å². The fourth-order valence-corrected chi connectivity index (χ4v) is 2.26. The standard InChI is InChI=1S/C11H8N4O4.C5H11N/c16-10-9(15(18)19)8(13-11(17)14-10)4-3-7-2-1-5-12-6-7;1-2-4-6-5-3-1/h1-6H,(H2,13,14,16,17);6H,1-5H2/b4-3+;. The molecular formula is C16H19N5O4. The lowest BCUT2D eigenvalue weighted by Gasteiger charge is -2.08. The molecule has 0 aromatic carbocycles. The summed E-state index contributed by atoms with van der Waals surface area (Å²) in [5, 5.41) is 14.1. The van der Waals surface area contributed by atoms with Crippen molar-refractivity contribution in [3.05, 3.63) is 66.7 Å². The molecule has 9 heteroatoms. The first kappa shape index (κ1) is 18.3. The molecule has 3 N–H and O–H groups in total. The molecule has 0 bridgehead atoms. The van der Waals surface area contributed by atoms with E-state index in [4.69, 9.17) is 0 Å². The van der Waals surface area contributed by atoms with Crippen molar-refractivity contribution in [1.29, 1.82) is 0 Å². The minimum atomic E-state index is -1.04. The highest BCUT2D eigenvalue weighted by atomic mass is 16.6. The van der Waals surface area contributed by atoms with Gasteiger partial charge in [0.25, 0.3) is 0 Å². The Hall–Kier alpha value is -3.07. The van der Waals surface area contributed by atoms with Crippen LogP contribution in [-0.4, -0.2) is 33.0 Å². The molecule has 0 amide bonds. The van der Waals surface area contributed by atoms with Gasteiger partial charge in [-0.25, -0.2) is 4.79 Å². The topological polar surface area (TPSA) is 134 Å². The van der Waals surface area contributed by atoms with Gasteiger partial charge in [0.2, 0.25) is 0 Å². The second kappa shape index (κ2) is 9.28. The molecule has 1 saturated heterocycles. The lowest BCUT2D eigenvalue weighted by Crippen LogP contribution is -2.25. The van der Waals surface area contributed by atoms with Crippen molar-refractivity contribution in [3.8, 4) is 0 Å². The van der Waals surface area contributed by atoms with Crippen LogP contribution >= 0.6 is 0 Å². The van der Waals surface area contributed by atoms with Crippen molar-refractivity contribution >= 4 is 17.8 Å². The van der Waals surface area contributed by atoms with Gasteiger partial charge in [0.1, 0.15) is 5.69 Å². The number of H-pyrrole nitrogens is 2. The highest BCUT2D eigenvalue weighted by molar-refractivity contribution is 5.71. The van der Waals surface area contributed by atoms with Crippen LogP contribution in [0.5, 0.6) is 0 Å². The van der Waals surface area contributed by atoms with Crippen LogP contribution < -0.4 is 16.6 Å². The molecule has 0 saturated carbocycles. The fraction of sp³-hybridized carbons (Fsp3) is 0.312. The number of hydrogen-bond donors (Lipinski definition) is 3. The number of nitrogens with zero attached hydrogens (tertiary/aromatic N) is 2. The zero-order chi connectivity index (χ0) is 18.1. The Morgan fingerprint density at radius 3 is 2.40 bits per heavy atom. The van der Waals surface area contributed by atoms with Crippen LogP contribution in [0.15, 0.2) is 34.1 Å². The highest BCUT2D eigenvalue weighted by Gasteiger charge is 2.18. The number of rotatable bonds is 3. The van der Waals surface area contributed by atoms with E-state index in [2.05, 4.69) is 15.3 Å². The van der Waals surface area contributed by atoms with Crippen LogP contribution in [0.25, 0.3) is 12.2 Å². The quantitative estimate of drug-likeness (QED) is 0.567. The van der Waals surface area contributed by atoms with E-state index in [-0.39, 0.29) is 5.69 Å². The first-order valence-electron chi connectivity index (χ1n) is 7.88. The number of aromatic amines is 2. The van der Waals surface area contributed by atoms with Crippen LogP contribution in [0.2, 0.25) is 0 Å². The van der Waals surface area contributed by atoms with Gasteiger partial charge in [-0.05, 0) is 43.6 Å². The van der Waals surface area contributed by atoms with Gasteiger partial charge in [0, 0.05) is 12.4 Å².